The Labute approximate surface area is 124 Å². The Balaban J connectivity index is 2.64. The molecule has 0 radical (unpaired) electrons. The van der Waals surface area contributed by atoms with Crippen LogP contribution in [-0.2, 0) is 14.8 Å². The molecule has 0 saturated carbocycles. The fraction of sp³-hybridized carbons (Fsp3) is 0.500. The van der Waals surface area contributed by atoms with Crippen molar-refractivity contribution < 1.29 is 13.2 Å². The zero-order valence-corrected chi connectivity index (χ0v) is 13.1. The van der Waals surface area contributed by atoms with E-state index in [-0.39, 0.29) is 35.1 Å². The van der Waals surface area contributed by atoms with Crippen LogP contribution in [0.2, 0.25) is 0 Å². The number of pyridine rings is 1. The number of nitrogens with two attached hydrogens (primary N) is 1. The topological polar surface area (TPSA) is 126 Å². The van der Waals surface area contributed by atoms with Crippen LogP contribution in [0.25, 0.3) is 0 Å². The Hall–Kier alpha value is -1.71. The smallest absolute Gasteiger partial charge is 0.244 e. The maximum absolute atomic E-state index is 12.1. The van der Waals surface area contributed by atoms with Crippen LogP contribution in [0.3, 0.4) is 0 Å². The first kappa shape index (κ1) is 17.3. The first-order valence-electron chi connectivity index (χ1n) is 6.38. The van der Waals surface area contributed by atoms with Crippen LogP contribution >= 0.6 is 0 Å². The monoisotopic (exact) mass is 315 g/mol. The number of amides is 1. The number of hydrogen-bond acceptors (Lipinski definition) is 6. The third-order valence-electron chi connectivity index (χ3n) is 2.36. The van der Waals surface area contributed by atoms with Gasteiger partial charge in [0.15, 0.2) is 5.82 Å². The van der Waals surface area contributed by atoms with Gasteiger partial charge in [0.05, 0.1) is 0 Å². The Bertz CT molecular complexity index is 595. The molecule has 5 N–H and O–H groups in total. The molecule has 0 fully saturated rings. The summed E-state index contributed by atoms with van der Waals surface area (Å²) >= 11 is 0. The van der Waals surface area contributed by atoms with Crippen molar-refractivity contribution in [1.82, 2.24) is 15.0 Å². The van der Waals surface area contributed by atoms with Crippen molar-refractivity contribution in [3.05, 3.63) is 18.3 Å². The maximum atomic E-state index is 12.1. The highest BCUT2D eigenvalue weighted by atomic mass is 32.2. The van der Waals surface area contributed by atoms with Crippen LogP contribution in [0.4, 0.5) is 5.82 Å². The van der Waals surface area contributed by atoms with Crippen molar-refractivity contribution >= 4 is 21.7 Å². The fourth-order valence-corrected chi connectivity index (χ4v) is 2.72. The Morgan fingerprint density at radius 2 is 2.05 bits per heavy atom. The number of nitrogen functional groups attached to an aromatic ring is 1. The van der Waals surface area contributed by atoms with Gasteiger partial charge in [-0.2, -0.15) is 0 Å². The fourth-order valence-electron chi connectivity index (χ4n) is 1.57. The molecule has 1 amide bonds. The first-order valence-corrected chi connectivity index (χ1v) is 7.86. The van der Waals surface area contributed by atoms with E-state index in [2.05, 4.69) is 20.4 Å². The molecular formula is C12H21N5O3S. The average molecular weight is 315 g/mol. The van der Waals surface area contributed by atoms with Crippen LogP contribution in [-0.4, -0.2) is 31.4 Å². The molecule has 0 spiro atoms. The second kappa shape index (κ2) is 6.83. The van der Waals surface area contributed by atoms with Crippen molar-refractivity contribution in [3.8, 4) is 0 Å². The van der Waals surface area contributed by atoms with Gasteiger partial charge in [-0.15, -0.1) is 0 Å². The molecule has 0 atom stereocenters. The Kier molecular flexibility index (Phi) is 5.64. The van der Waals surface area contributed by atoms with Gasteiger partial charge in [-0.05, 0) is 32.9 Å². The highest BCUT2D eigenvalue weighted by Crippen LogP contribution is 2.16. The van der Waals surface area contributed by atoms with Gasteiger partial charge in [0.2, 0.25) is 15.9 Å². The summed E-state index contributed by atoms with van der Waals surface area (Å²) in [6, 6.07) is 2.86. The number of anilines is 1. The minimum Gasteiger partial charge on any atom is -0.351 e. The lowest BCUT2D eigenvalue weighted by molar-refractivity contribution is -0.122. The maximum Gasteiger partial charge on any atom is 0.244 e. The molecule has 9 heteroatoms. The van der Waals surface area contributed by atoms with Crippen LogP contribution < -0.4 is 21.3 Å². The van der Waals surface area contributed by atoms with Gasteiger partial charge in [0.25, 0.3) is 0 Å². The number of nitrogens with one attached hydrogen (secondary N) is 3. The lowest BCUT2D eigenvalue weighted by Crippen LogP contribution is -2.42. The van der Waals surface area contributed by atoms with Crippen molar-refractivity contribution in [2.45, 2.75) is 37.6 Å². The predicted octanol–water partition coefficient (Wildman–Crippen LogP) is -0.0497. The summed E-state index contributed by atoms with van der Waals surface area (Å²) in [5.41, 5.74) is 1.87. The number of nitrogens with zero attached hydrogens (tertiary/aromatic N) is 1. The molecule has 1 heterocycles. The average Bonchev–Trinajstić information content (AvgIpc) is 2.36. The largest absolute Gasteiger partial charge is 0.351 e. The zero-order valence-electron chi connectivity index (χ0n) is 12.3. The molecule has 118 valence electrons. The minimum atomic E-state index is -3.78. The predicted molar refractivity (Wildman–Crippen MR) is 79.7 cm³/mol. The zero-order chi connectivity index (χ0) is 16.1. The summed E-state index contributed by atoms with van der Waals surface area (Å²) in [5, 5.41) is 2.75. The van der Waals surface area contributed by atoms with Crippen LogP contribution in [0, 0.1) is 0 Å². The number of carbonyl (C=O) groups excluding carboxylic acids is 1. The SMILES string of the molecule is CC(C)(C)NC(=O)CCNS(=O)(=O)c1cccnc1NN. The second-order valence-corrected chi connectivity index (χ2v) is 7.18. The summed E-state index contributed by atoms with van der Waals surface area (Å²) in [4.78, 5) is 15.4. The third kappa shape index (κ3) is 5.66. The molecule has 0 aliphatic rings. The van der Waals surface area contributed by atoms with Gasteiger partial charge < -0.3 is 10.7 Å². The summed E-state index contributed by atoms with van der Waals surface area (Å²) < 4.78 is 26.5. The molecule has 0 saturated heterocycles. The van der Waals surface area contributed by atoms with Crippen molar-refractivity contribution in [2.24, 2.45) is 5.84 Å². The van der Waals surface area contributed by atoms with E-state index in [4.69, 9.17) is 5.84 Å². The van der Waals surface area contributed by atoms with Crippen molar-refractivity contribution in [3.63, 3.8) is 0 Å². The minimum absolute atomic E-state index is 0.0108. The van der Waals surface area contributed by atoms with E-state index >= 15 is 0 Å². The highest BCUT2D eigenvalue weighted by molar-refractivity contribution is 7.89. The molecule has 0 aliphatic heterocycles. The summed E-state index contributed by atoms with van der Waals surface area (Å²) in [7, 11) is -3.78. The number of hydrazine groups is 1. The summed E-state index contributed by atoms with van der Waals surface area (Å²) in [6.07, 6.45) is 1.47. The number of hydrogen-bond donors (Lipinski definition) is 4. The third-order valence-corrected chi connectivity index (χ3v) is 3.85. The molecule has 1 rings (SSSR count). The molecule has 0 unspecified atom stereocenters. The normalized spacial score (nSPS) is 12.0. The van der Waals surface area contributed by atoms with E-state index in [1.165, 1.54) is 18.3 Å². The van der Waals surface area contributed by atoms with Gasteiger partial charge in [-0.1, -0.05) is 0 Å². The van der Waals surface area contributed by atoms with Crippen LogP contribution in [0.1, 0.15) is 27.2 Å². The van der Waals surface area contributed by atoms with E-state index in [1.807, 2.05) is 20.8 Å². The quantitative estimate of drug-likeness (QED) is 0.431. The van der Waals surface area contributed by atoms with E-state index < -0.39 is 10.0 Å². The first-order chi connectivity index (χ1) is 9.65. The number of carbonyl (C=O) groups is 1. The van der Waals surface area contributed by atoms with E-state index in [9.17, 15) is 13.2 Å². The van der Waals surface area contributed by atoms with Crippen LogP contribution in [0.15, 0.2) is 23.2 Å². The Morgan fingerprint density at radius 1 is 1.38 bits per heavy atom. The van der Waals surface area contributed by atoms with Crippen LogP contribution in [0.5, 0.6) is 0 Å². The molecule has 8 nitrogen and oxygen atoms in total. The molecule has 0 bridgehead atoms. The molecule has 0 aromatic carbocycles. The van der Waals surface area contributed by atoms with Gasteiger partial charge >= 0.3 is 0 Å². The van der Waals surface area contributed by atoms with E-state index in [0.717, 1.165) is 0 Å². The summed E-state index contributed by atoms with van der Waals surface area (Å²) in [6.45, 7) is 5.54. The lowest BCUT2D eigenvalue weighted by atomic mass is 10.1. The van der Waals surface area contributed by atoms with Crippen molar-refractivity contribution in [2.75, 3.05) is 12.0 Å². The second-order valence-electron chi connectivity index (χ2n) is 5.44. The van der Waals surface area contributed by atoms with Crippen molar-refractivity contribution in [1.29, 1.82) is 0 Å². The highest BCUT2D eigenvalue weighted by Gasteiger charge is 2.19. The van der Waals surface area contributed by atoms with Gasteiger partial charge in [0.1, 0.15) is 4.90 Å². The number of sulfonamides is 1. The number of aromatic nitrogens is 1. The van der Waals surface area contributed by atoms with Gasteiger partial charge in [-0.3, -0.25) is 4.79 Å². The number of rotatable bonds is 6. The molecule has 21 heavy (non-hydrogen) atoms. The molecule has 0 aliphatic carbocycles. The van der Waals surface area contributed by atoms with Gasteiger partial charge in [-0.25, -0.2) is 24.0 Å². The Morgan fingerprint density at radius 3 is 2.62 bits per heavy atom. The molecular weight excluding hydrogens is 294 g/mol. The standard InChI is InChI=1S/C12H21N5O3S/c1-12(2,3)16-10(18)6-8-15-21(19,20)9-5-4-7-14-11(9)17-13/h4-5,7,15H,6,8,13H2,1-3H3,(H,14,17)(H,16,18). The van der Waals surface area contributed by atoms with E-state index in [0.29, 0.717) is 0 Å². The van der Waals surface area contributed by atoms with E-state index in [1.54, 1.807) is 0 Å². The van der Waals surface area contributed by atoms with Gasteiger partial charge in [0, 0.05) is 24.7 Å². The lowest BCUT2D eigenvalue weighted by Gasteiger charge is -2.20. The molecule has 1 aromatic rings. The molecule has 1 aromatic heterocycles. The summed E-state index contributed by atoms with van der Waals surface area (Å²) in [5.74, 6) is 5.04.